The summed E-state index contributed by atoms with van der Waals surface area (Å²) in [5, 5.41) is 0. The van der Waals surface area contributed by atoms with Gasteiger partial charge in [-0.3, -0.25) is 0 Å². The SMILES string of the molecule is CC1=CC2CN(C)CC2CC1. The van der Waals surface area contributed by atoms with Crippen molar-refractivity contribution in [3.8, 4) is 0 Å². The second kappa shape index (κ2) is 2.63. The van der Waals surface area contributed by atoms with Crippen LogP contribution in [-0.2, 0) is 0 Å². The maximum Gasteiger partial charge on any atom is 0.00446 e. The fourth-order valence-corrected chi connectivity index (χ4v) is 2.48. The van der Waals surface area contributed by atoms with E-state index in [1.54, 1.807) is 5.57 Å². The topological polar surface area (TPSA) is 3.24 Å². The van der Waals surface area contributed by atoms with Crippen molar-refractivity contribution in [3.63, 3.8) is 0 Å². The zero-order valence-electron chi connectivity index (χ0n) is 7.51. The zero-order chi connectivity index (χ0) is 7.84. The largest absolute Gasteiger partial charge is 0.305 e. The first-order valence-electron chi connectivity index (χ1n) is 4.61. The molecule has 1 saturated heterocycles. The van der Waals surface area contributed by atoms with Crippen molar-refractivity contribution in [2.45, 2.75) is 19.8 Å². The predicted octanol–water partition coefficient (Wildman–Crippen LogP) is 1.90. The Bertz CT molecular complexity index is 183. The molecule has 2 aliphatic rings. The summed E-state index contributed by atoms with van der Waals surface area (Å²) in [4.78, 5) is 2.46. The van der Waals surface area contributed by atoms with E-state index in [0.29, 0.717) is 0 Å². The highest BCUT2D eigenvalue weighted by molar-refractivity contribution is 5.10. The molecule has 2 unspecified atom stereocenters. The number of likely N-dealkylation sites (tertiary alicyclic amines) is 1. The summed E-state index contributed by atoms with van der Waals surface area (Å²) in [6.45, 7) is 4.89. The lowest BCUT2D eigenvalue weighted by Crippen LogP contribution is -2.14. The highest BCUT2D eigenvalue weighted by Crippen LogP contribution is 2.33. The van der Waals surface area contributed by atoms with Crippen LogP contribution < -0.4 is 0 Å². The van der Waals surface area contributed by atoms with E-state index in [-0.39, 0.29) is 0 Å². The van der Waals surface area contributed by atoms with E-state index >= 15 is 0 Å². The average molecular weight is 151 g/mol. The average Bonchev–Trinajstić information content (AvgIpc) is 2.27. The Kier molecular flexibility index (Phi) is 1.76. The molecule has 11 heavy (non-hydrogen) atoms. The minimum Gasteiger partial charge on any atom is -0.305 e. The number of fused-ring (bicyclic) bond motifs is 1. The summed E-state index contributed by atoms with van der Waals surface area (Å²) in [7, 11) is 2.24. The fourth-order valence-electron chi connectivity index (χ4n) is 2.48. The van der Waals surface area contributed by atoms with Gasteiger partial charge in [-0.2, -0.15) is 0 Å². The number of hydrogen-bond acceptors (Lipinski definition) is 1. The lowest BCUT2D eigenvalue weighted by Gasteiger charge is -2.21. The molecule has 1 fully saturated rings. The molecule has 0 bridgehead atoms. The first-order valence-corrected chi connectivity index (χ1v) is 4.61. The summed E-state index contributed by atoms with van der Waals surface area (Å²) in [5.41, 5.74) is 1.61. The van der Waals surface area contributed by atoms with Gasteiger partial charge in [-0.25, -0.2) is 0 Å². The standard InChI is InChI=1S/C10H17N/c1-8-3-4-9-6-11(2)7-10(9)5-8/h5,9-10H,3-4,6-7H2,1-2H3. The summed E-state index contributed by atoms with van der Waals surface area (Å²) < 4.78 is 0. The lowest BCUT2D eigenvalue weighted by atomic mass is 9.84. The van der Waals surface area contributed by atoms with Crippen LogP contribution in [0.2, 0.25) is 0 Å². The molecule has 0 aromatic carbocycles. The Morgan fingerprint density at radius 3 is 3.09 bits per heavy atom. The van der Waals surface area contributed by atoms with Crippen molar-refractivity contribution in [1.29, 1.82) is 0 Å². The van der Waals surface area contributed by atoms with Crippen LogP contribution in [0.4, 0.5) is 0 Å². The third kappa shape index (κ3) is 1.34. The van der Waals surface area contributed by atoms with Crippen LogP contribution in [-0.4, -0.2) is 25.0 Å². The van der Waals surface area contributed by atoms with Gasteiger partial charge in [0.05, 0.1) is 0 Å². The van der Waals surface area contributed by atoms with Crippen LogP contribution in [0.5, 0.6) is 0 Å². The maximum atomic E-state index is 2.50. The van der Waals surface area contributed by atoms with Gasteiger partial charge in [0.15, 0.2) is 0 Å². The van der Waals surface area contributed by atoms with E-state index in [4.69, 9.17) is 0 Å². The Morgan fingerprint density at radius 2 is 2.27 bits per heavy atom. The van der Waals surface area contributed by atoms with Crippen molar-refractivity contribution >= 4 is 0 Å². The Labute approximate surface area is 69.1 Å². The predicted molar refractivity (Wildman–Crippen MR) is 47.5 cm³/mol. The zero-order valence-corrected chi connectivity index (χ0v) is 7.51. The summed E-state index contributed by atoms with van der Waals surface area (Å²) in [6.07, 6.45) is 5.27. The maximum absolute atomic E-state index is 2.50. The van der Waals surface area contributed by atoms with E-state index in [1.807, 2.05) is 0 Å². The molecule has 0 amide bonds. The molecule has 0 aromatic rings. The van der Waals surface area contributed by atoms with E-state index in [0.717, 1.165) is 11.8 Å². The molecule has 0 saturated carbocycles. The molecule has 1 nitrogen and oxygen atoms in total. The normalized spacial score (nSPS) is 38.5. The number of hydrogen-bond donors (Lipinski definition) is 0. The molecule has 0 radical (unpaired) electrons. The molecular formula is C10H17N. The second-order valence-electron chi connectivity index (χ2n) is 4.20. The minimum absolute atomic E-state index is 0.883. The van der Waals surface area contributed by atoms with E-state index in [2.05, 4.69) is 24.9 Å². The monoisotopic (exact) mass is 151 g/mol. The molecule has 62 valence electrons. The molecule has 0 N–H and O–H groups in total. The minimum atomic E-state index is 0.883. The molecule has 1 aliphatic carbocycles. The Hall–Kier alpha value is -0.300. The Balaban J connectivity index is 2.11. The highest BCUT2D eigenvalue weighted by atomic mass is 15.1. The van der Waals surface area contributed by atoms with Gasteiger partial charge in [-0.05, 0) is 38.6 Å². The van der Waals surface area contributed by atoms with Crippen molar-refractivity contribution in [1.82, 2.24) is 4.90 Å². The fraction of sp³-hybridized carbons (Fsp3) is 0.800. The number of nitrogens with zero attached hydrogens (tertiary/aromatic N) is 1. The summed E-state index contributed by atoms with van der Waals surface area (Å²) in [6, 6.07) is 0. The summed E-state index contributed by atoms with van der Waals surface area (Å²) in [5.74, 6) is 1.86. The second-order valence-corrected chi connectivity index (χ2v) is 4.20. The molecule has 1 heterocycles. The van der Waals surface area contributed by atoms with Gasteiger partial charge in [-0.1, -0.05) is 11.6 Å². The third-order valence-corrected chi connectivity index (χ3v) is 3.08. The highest BCUT2D eigenvalue weighted by Gasteiger charge is 2.30. The molecule has 0 spiro atoms. The molecule has 2 rings (SSSR count). The molecule has 1 aliphatic heterocycles. The first kappa shape index (κ1) is 7.35. The van der Waals surface area contributed by atoms with E-state index in [9.17, 15) is 0 Å². The molecule has 0 aromatic heterocycles. The van der Waals surface area contributed by atoms with Gasteiger partial charge in [0.2, 0.25) is 0 Å². The van der Waals surface area contributed by atoms with Crippen LogP contribution in [0.15, 0.2) is 11.6 Å². The molecule has 1 heteroatoms. The van der Waals surface area contributed by atoms with Gasteiger partial charge in [0, 0.05) is 13.1 Å². The molecule has 2 atom stereocenters. The van der Waals surface area contributed by atoms with Crippen LogP contribution in [0.25, 0.3) is 0 Å². The first-order chi connectivity index (χ1) is 5.25. The quantitative estimate of drug-likeness (QED) is 0.478. The van der Waals surface area contributed by atoms with Crippen LogP contribution in [0, 0.1) is 11.8 Å². The van der Waals surface area contributed by atoms with Gasteiger partial charge < -0.3 is 4.90 Å². The summed E-state index contributed by atoms with van der Waals surface area (Å²) >= 11 is 0. The number of rotatable bonds is 0. The van der Waals surface area contributed by atoms with Crippen molar-refractivity contribution < 1.29 is 0 Å². The van der Waals surface area contributed by atoms with E-state index in [1.165, 1.54) is 25.9 Å². The van der Waals surface area contributed by atoms with Crippen LogP contribution in [0.3, 0.4) is 0 Å². The van der Waals surface area contributed by atoms with Gasteiger partial charge in [-0.15, -0.1) is 0 Å². The smallest absolute Gasteiger partial charge is 0.00446 e. The third-order valence-electron chi connectivity index (χ3n) is 3.08. The van der Waals surface area contributed by atoms with Gasteiger partial charge in [0.1, 0.15) is 0 Å². The van der Waals surface area contributed by atoms with Crippen LogP contribution in [0.1, 0.15) is 19.8 Å². The Morgan fingerprint density at radius 1 is 1.45 bits per heavy atom. The van der Waals surface area contributed by atoms with E-state index < -0.39 is 0 Å². The van der Waals surface area contributed by atoms with Gasteiger partial charge in [0.25, 0.3) is 0 Å². The molecular weight excluding hydrogens is 134 g/mol. The van der Waals surface area contributed by atoms with Crippen molar-refractivity contribution in [3.05, 3.63) is 11.6 Å². The van der Waals surface area contributed by atoms with Crippen LogP contribution >= 0.6 is 0 Å². The lowest BCUT2D eigenvalue weighted by molar-refractivity contribution is 0.386. The van der Waals surface area contributed by atoms with Gasteiger partial charge >= 0.3 is 0 Å². The number of allylic oxidation sites excluding steroid dienone is 1. The van der Waals surface area contributed by atoms with Crippen molar-refractivity contribution in [2.24, 2.45) is 11.8 Å². The van der Waals surface area contributed by atoms with Crippen molar-refractivity contribution in [2.75, 3.05) is 20.1 Å².